The average molecular weight is 405 g/mol. The standard InChI is InChI=1S/C17H10F3N5S2/c18-17(19,20)12-7-4-8-13(9-12)25-15(22-23-24-25)27-16-21-14(10-26-16)11-5-2-1-3-6-11/h1-10H. The van der Waals surface area contributed by atoms with Crippen LogP contribution in [0.25, 0.3) is 16.9 Å². The van der Waals surface area contributed by atoms with Crippen molar-refractivity contribution in [2.75, 3.05) is 0 Å². The fourth-order valence-electron chi connectivity index (χ4n) is 2.34. The summed E-state index contributed by atoms with van der Waals surface area (Å²) in [4.78, 5) is 4.54. The summed E-state index contributed by atoms with van der Waals surface area (Å²) in [5.74, 6) is 0. The van der Waals surface area contributed by atoms with Crippen molar-refractivity contribution in [3.8, 4) is 16.9 Å². The Morgan fingerprint density at radius 2 is 1.81 bits per heavy atom. The van der Waals surface area contributed by atoms with Gasteiger partial charge in [-0.1, -0.05) is 36.4 Å². The summed E-state index contributed by atoms with van der Waals surface area (Å²) < 4.78 is 40.8. The third-order valence-corrected chi connectivity index (χ3v) is 5.47. The van der Waals surface area contributed by atoms with Crippen LogP contribution in [0, 0.1) is 0 Å². The third-order valence-electron chi connectivity index (χ3n) is 3.59. The first-order valence-electron chi connectivity index (χ1n) is 7.65. The molecule has 0 spiro atoms. The number of halogens is 3. The van der Waals surface area contributed by atoms with Gasteiger partial charge in [-0.2, -0.15) is 17.9 Å². The van der Waals surface area contributed by atoms with Gasteiger partial charge in [-0.05, 0) is 40.4 Å². The number of rotatable bonds is 4. The van der Waals surface area contributed by atoms with E-state index in [1.54, 1.807) is 0 Å². The highest BCUT2D eigenvalue weighted by Crippen LogP contribution is 2.34. The van der Waals surface area contributed by atoms with E-state index in [1.165, 1.54) is 39.9 Å². The van der Waals surface area contributed by atoms with Crippen LogP contribution < -0.4 is 0 Å². The molecule has 0 aliphatic rings. The summed E-state index contributed by atoms with van der Waals surface area (Å²) in [6.07, 6.45) is -4.43. The Hall–Kier alpha value is -2.72. The summed E-state index contributed by atoms with van der Waals surface area (Å²) >= 11 is 2.61. The van der Waals surface area contributed by atoms with Crippen molar-refractivity contribution in [1.82, 2.24) is 25.2 Å². The van der Waals surface area contributed by atoms with Crippen molar-refractivity contribution in [3.05, 3.63) is 65.5 Å². The Kier molecular flexibility index (Phi) is 4.66. The van der Waals surface area contributed by atoms with E-state index in [9.17, 15) is 13.2 Å². The van der Waals surface area contributed by atoms with Gasteiger partial charge in [-0.3, -0.25) is 0 Å². The molecule has 2 aromatic heterocycles. The van der Waals surface area contributed by atoms with Crippen molar-refractivity contribution in [1.29, 1.82) is 0 Å². The first kappa shape index (κ1) is 17.7. The Morgan fingerprint density at radius 3 is 2.59 bits per heavy atom. The van der Waals surface area contributed by atoms with Crippen molar-refractivity contribution >= 4 is 23.1 Å². The van der Waals surface area contributed by atoms with Gasteiger partial charge in [-0.25, -0.2) is 4.98 Å². The highest BCUT2D eigenvalue weighted by atomic mass is 32.2. The van der Waals surface area contributed by atoms with Crippen LogP contribution in [-0.2, 0) is 6.18 Å². The smallest absolute Gasteiger partial charge is 0.229 e. The van der Waals surface area contributed by atoms with E-state index < -0.39 is 11.7 Å². The van der Waals surface area contributed by atoms with Crippen LogP contribution in [0.2, 0.25) is 0 Å². The molecule has 4 aromatic rings. The van der Waals surface area contributed by atoms with Crippen molar-refractivity contribution in [2.45, 2.75) is 15.7 Å². The molecule has 0 amide bonds. The van der Waals surface area contributed by atoms with E-state index in [0.717, 1.165) is 23.4 Å². The zero-order chi connectivity index (χ0) is 18.9. The van der Waals surface area contributed by atoms with Gasteiger partial charge in [0.1, 0.15) is 0 Å². The molecule has 0 bridgehead atoms. The monoisotopic (exact) mass is 405 g/mol. The summed E-state index contributed by atoms with van der Waals surface area (Å²) in [6, 6.07) is 14.6. The van der Waals surface area contributed by atoms with Crippen LogP contribution in [0.1, 0.15) is 5.56 Å². The maximum absolute atomic E-state index is 12.9. The lowest BCUT2D eigenvalue weighted by atomic mass is 10.2. The Labute approximate surface area is 159 Å². The molecule has 0 aliphatic heterocycles. The Balaban J connectivity index is 1.61. The predicted octanol–water partition coefficient (Wildman–Crippen LogP) is 4.96. The third kappa shape index (κ3) is 3.86. The lowest BCUT2D eigenvalue weighted by molar-refractivity contribution is -0.137. The molecule has 2 aromatic carbocycles. The molecule has 0 N–H and O–H groups in total. The molecule has 10 heteroatoms. The van der Waals surface area contributed by atoms with Gasteiger partial charge in [0.2, 0.25) is 5.16 Å². The molecular formula is C17H10F3N5S2. The number of aromatic nitrogens is 5. The lowest BCUT2D eigenvalue weighted by Crippen LogP contribution is -2.07. The van der Waals surface area contributed by atoms with Gasteiger partial charge in [0.15, 0.2) is 4.34 Å². The van der Waals surface area contributed by atoms with E-state index >= 15 is 0 Å². The number of benzene rings is 2. The topological polar surface area (TPSA) is 56.5 Å². The fraction of sp³-hybridized carbons (Fsp3) is 0.0588. The normalized spacial score (nSPS) is 11.7. The van der Waals surface area contributed by atoms with Crippen molar-refractivity contribution < 1.29 is 13.2 Å². The fourth-order valence-corrected chi connectivity index (χ4v) is 4.06. The minimum absolute atomic E-state index is 0.233. The van der Waals surface area contributed by atoms with Crippen LogP contribution in [0.15, 0.2) is 69.5 Å². The summed E-state index contributed by atoms with van der Waals surface area (Å²) in [6.45, 7) is 0. The summed E-state index contributed by atoms with van der Waals surface area (Å²) in [5.41, 5.74) is 1.28. The van der Waals surface area contributed by atoms with Gasteiger partial charge >= 0.3 is 6.18 Å². The SMILES string of the molecule is FC(F)(F)c1cccc(-n2nnnc2Sc2nc(-c3ccccc3)cs2)c1. The molecule has 4 rings (SSSR count). The van der Waals surface area contributed by atoms with E-state index in [0.29, 0.717) is 9.50 Å². The lowest BCUT2D eigenvalue weighted by Gasteiger charge is -2.08. The molecule has 0 saturated heterocycles. The van der Waals surface area contributed by atoms with Crippen LogP contribution in [0.4, 0.5) is 13.2 Å². The van der Waals surface area contributed by atoms with Gasteiger partial charge in [0.05, 0.1) is 16.9 Å². The maximum Gasteiger partial charge on any atom is 0.416 e. The number of hydrogen-bond donors (Lipinski definition) is 0. The van der Waals surface area contributed by atoms with Gasteiger partial charge in [-0.15, -0.1) is 16.4 Å². The zero-order valence-corrected chi connectivity index (χ0v) is 15.1. The second-order valence-corrected chi connectivity index (χ2v) is 7.46. The van der Waals surface area contributed by atoms with E-state index in [1.807, 2.05) is 35.7 Å². The van der Waals surface area contributed by atoms with Gasteiger partial charge in [0.25, 0.3) is 0 Å². The van der Waals surface area contributed by atoms with E-state index in [4.69, 9.17) is 0 Å². The number of alkyl halides is 3. The minimum Gasteiger partial charge on any atom is -0.229 e. The second kappa shape index (κ2) is 7.12. The number of nitrogens with zero attached hydrogens (tertiary/aromatic N) is 5. The largest absolute Gasteiger partial charge is 0.416 e. The molecular weight excluding hydrogens is 395 g/mol. The Bertz CT molecular complexity index is 1060. The molecule has 2 heterocycles. The highest BCUT2D eigenvalue weighted by Gasteiger charge is 2.30. The molecule has 0 atom stereocenters. The van der Waals surface area contributed by atoms with Crippen LogP contribution in [0.3, 0.4) is 0 Å². The second-order valence-electron chi connectivity index (χ2n) is 5.39. The first-order chi connectivity index (χ1) is 13.0. The summed E-state index contributed by atoms with van der Waals surface area (Å²) in [7, 11) is 0. The molecule has 0 radical (unpaired) electrons. The van der Waals surface area contributed by atoms with Crippen LogP contribution in [0.5, 0.6) is 0 Å². The molecule has 0 fully saturated rings. The highest BCUT2D eigenvalue weighted by molar-refractivity contribution is 8.00. The molecule has 5 nitrogen and oxygen atoms in total. The minimum atomic E-state index is -4.43. The Morgan fingerprint density at radius 1 is 1.00 bits per heavy atom. The van der Waals surface area contributed by atoms with Gasteiger partial charge in [0, 0.05) is 10.9 Å². The number of tetrazole rings is 1. The van der Waals surface area contributed by atoms with Crippen molar-refractivity contribution in [2.24, 2.45) is 0 Å². The van der Waals surface area contributed by atoms with Crippen LogP contribution >= 0.6 is 23.1 Å². The molecule has 0 unspecified atom stereocenters. The van der Waals surface area contributed by atoms with Gasteiger partial charge < -0.3 is 0 Å². The predicted molar refractivity (Wildman–Crippen MR) is 95.8 cm³/mol. The number of thiazole rings is 1. The van der Waals surface area contributed by atoms with Crippen molar-refractivity contribution in [3.63, 3.8) is 0 Å². The molecule has 0 saturated carbocycles. The van der Waals surface area contributed by atoms with Crippen LogP contribution in [-0.4, -0.2) is 25.2 Å². The quantitative estimate of drug-likeness (QED) is 0.481. The first-order valence-corrected chi connectivity index (χ1v) is 9.35. The molecule has 0 aliphatic carbocycles. The maximum atomic E-state index is 12.9. The average Bonchev–Trinajstić information content (AvgIpc) is 3.32. The molecule has 27 heavy (non-hydrogen) atoms. The van der Waals surface area contributed by atoms with E-state index in [2.05, 4.69) is 20.5 Å². The zero-order valence-electron chi connectivity index (χ0n) is 13.5. The molecule has 136 valence electrons. The summed E-state index contributed by atoms with van der Waals surface area (Å²) in [5, 5.41) is 13.6. The van der Waals surface area contributed by atoms with E-state index in [-0.39, 0.29) is 5.69 Å². The number of hydrogen-bond acceptors (Lipinski definition) is 6.